The largest absolute Gasteiger partial charge is 0.481 e. The average Bonchev–Trinajstić information content (AvgIpc) is 2.65. The Labute approximate surface area is 174 Å². The number of allylic oxidation sites excluding steroid dienone is 2. The van der Waals surface area contributed by atoms with Gasteiger partial charge in [0.15, 0.2) is 0 Å². The fraction of sp³-hybridized carbons (Fsp3) is 0.792. The molecule has 1 fully saturated rings. The van der Waals surface area contributed by atoms with E-state index in [4.69, 9.17) is 9.84 Å². The lowest BCUT2D eigenvalue weighted by Crippen LogP contribution is -2.74. The van der Waals surface area contributed by atoms with Crippen molar-refractivity contribution in [1.82, 2.24) is 0 Å². The van der Waals surface area contributed by atoms with Crippen LogP contribution in [0.2, 0.25) is 0 Å². The van der Waals surface area contributed by atoms with Crippen molar-refractivity contribution in [2.24, 2.45) is 17.3 Å². The van der Waals surface area contributed by atoms with E-state index in [0.717, 1.165) is 32.1 Å². The van der Waals surface area contributed by atoms with Gasteiger partial charge in [0.05, 0.1) is 30.3 Å². The summed E-state index contributed by atoms with van der Waals surface area (Å²) in [7, 11) is 0. The van der Waals surface area contributed by atoms with Gasteiger partial charge in [0.2, 0.25) is 0 Å². The zero-order valence-corrected chi connectivity index (χ0v) is 18.4. The summed E-state index contributed by atoms with van der Waals surface area (Å²) >= 11 is 0. The molecule has 5 nitrogen and oxygen atoms in total. The van der Waals surface area contributed by atoms with Crippen molar-refractivity contribution in [3.63, 3.8) is 0 Å². The number of carboxylic acids is 1. The molecular weight excluding hydrogens is 368 g/mol. The summed E-state index contributed by atoms with van der Waals surface area (Å²) in [5.41, 5.74) is 2.39. The second-order valence-corrected chi connectivity index (χ2v) is 9.71. The number of aliphatic hydroxyl groups excluding tert-OH is 2. The number of aliphatic carboxylic acids is 1. The fourth-order valence-corrected chi connectivity index (χ4v) is 6.10. The van der Waals surface area contributed by atoms with Crippen LogP contribution in [-0.2, 0) is 9.53 Å². The molecule has 0 radical (unpaired) electrons. The summed E-state index contributed by atoms with van der Waals surface area (Å²) in [5, 5.41) is 29.2. The zero-order valence-electron chi connectivity index (χ0n) is 18.4. The molecule has 3 N–H and O–H groups in total. The van der Waals surface area contributed by atoms with Crippen molar-refractivity contribution in [2.45, 2.75) is 103 Å². The number of carbonyl (C=O) groups is 1. The molecule has 0 aromatic heterocycles. The highest BCUT2D eigenvalue weighted by Gasteiger charge is 2.70. The number of aliphatic hydroxyl groups is 2. The van der Waals surface area contributed by atoms with Gasteiger partial charge in [0.1, 0.15) is 0 Å². The normalized spacial score (nSPS) is 36.6. The second kappa shape index (κ2) is 8.52. The molecule has 0 spiro atoms. The lowest BCUT2D eigenvalue weighted by atomic mass is 9.47. The highest BCUT2D eigenvalue weighted by Crippen LogP contribution is 2.67. The van der Waals surface area contributed by atoms with Crippen LogP contribution in [0.4, 0.5) is 0 Å². The Hall–Kier alpha value is -1.17. The molecule has 1 heterocycles. The van der Waals surface area contributed by atoms with Gasteiger partial charge in [-0.3, -0.25) is 4.79 Å². The smallest absolute Gasteiger partial charge is 0.305 e. The van der Waals surface area contributed by atoms with E-state index in [1.807, 2.05) is 0 Å². The van der Waals surface area contributed by atoms with E-state index in [-0.39, 0.29) is 30.0 Å². The molecule has 1 saturated heterocycles. The number of ether oxygens (including phenoxy) is 1. The number of carboxylic acid groups (broad SMARTS) is 1. The van der Waals surface area contributed by atoms with E-state index in [1.165, 1.54) is 11.1 Å². The van der Waals surface area contributed by atoms with Gasteiger partial charge >= 0.3 is 5.97 Å². The van der Waals surface area contributed by atoms with Gasteiger partial charge in [0, 0.05) is 11.3 Å². The topological polar surface area (TPSA) is 87.0 Å². The van der Waals surface area contributed by atoms with E-state index >= 15 is 0 Å². The van der Waals surface area contributed by atoms with Crippen molar-refractivity contribution in [1.29, 1.82) is 0 Å². The molecule has 7 atom stereocenters. The first kappa shape index (κ1) is 22.5. The molecule has 0 aromatic carbocycles. The third-order valence-electron chi connectivity index (χ3n) is 7.99. The highest BCUT2D eigenvalue weighted by molar-refractivity contribution is 5.67. The van der Waals surface area contributed by atoms with Crippen LogP contribution in [0.15, 0.2) is 23.3 Å². The molecule has 0 saturated carbocycles. The van der Waals surface area contributed by atoms with Crippen molar-refractivity contribution < 1.29 is 24.9 Å². The molecule has 29 heavy (non-hydrogen) atoms. The third kappa shape index (κ3) is 3.82. The highest BCUT2D eigenvalue weighted by atomic mass is 16.5. The van der Waals surface area contributed by atoms with Crippen LogP contribution in [0.3, 0.4) is 0 Å². The summed E-state index contributed by atoms with van der Waals surface area (Å²) in [6, 6.07) is 0. The number of hydrogen-bond acceptors (Lipinski definition) is 4. The zero-order chi connectivity index (χ0) is 21.4. The van der Waals surface area contributed by atoms with E-state index in [1.54, 1.807) is 0 Å². The van der Waals surface area contributed by atoms with Crippen molar-refractivity contribution in [3.05, 3.63) is 23.3 Å². The van der Waals surface area contributed by atoms with Crippen LogP contribution in [0, 0.1) is 17.3 Å². The summed E-state index contributed by atoms with van der Waals surface area (Å²) in [4.78, 5) is 10.8. The number of hydrogen-bond donors (Lipinski definition) is 3. The minimum atomic E-state index is -1.04. The van der Waals surface area contributed by atoms with Crippen molar-refractivity contribution >= 4 is 5.97 Å². The Morgan fingerprint density at radius 1 is 1.34 bits per heavy atom. The van der Waals surface area contributed by atoms with Crippen LogP contribution < -0.4 is 0 Å². The van der Waals surface area contributed by atoms with E-state index in [0.29, 0.717) is 18.3 Å². The molecule has 0 aromatic rings. The standard InChI is InChI=1S/C24H38O5/c1-5-15(2)22-23(4)16(3)12-17-8-6-7-9-20(17)24(23,29-22)11-10-18(25)13-19(26)14-21(27)28/h8,12,15,18-20,22,25-26H,5-7,9-11,13-14H2,1-4H3,(H,27,28)/t15?,18-,19?,20-,22-,23+,24+/m1/s1. The maximum Gasteiger partial charge on any atom is 0.305 e. The van der Waals surface area contributed by atoms with E-state index < -0.39 is 18.2 Å². The van der Waals surface area contributed by atoms with Gasteiger partial charge in [-0.05, 0) is 56.9 Å². The predicted molar refractivity (Wildman–Crippen MR) is 112 cm³/mol. The summed E-state index contributed by atoms with van der Waals surface area (Å²) in [6.07, 6.45) is 8.63. The monoisotopic (exact) mass is 406 g/mol. The van der Waals surface area contributed by atoms with Gasteiger partial charge in [0.25, 0.3) is 0 Å². The lowest BCUT2D eigenvalue weighted by molar-refractivity contribution is -0.338. The van der Waals surface area contributed by atoms with Crippen LogP contribution in [0.1, 0.15) is 79.1 Å². The first-order valence-electron chi connectivity index (χ1n) is 11.3. The van der Waals surface area contributed by atoms with Gasteiger partial charge in [-0.1, -0.05) is 44.9 Å². The molecule has 3 rings (SSSR count). The predicted octanol–water partition coefficient (Wildman–Crippen LogP) is 4.23. The Bertz CT molecular complexity index is 683. The maximum absolute atomic E-state index is 10.8. The summed E-state index contributed by atoms with van der Waals surface area (Å²) in [6.45, 7) is 9.04. The Morgan fingerprint density at radius 2 is 2.07 bits per heavy atom. The van der Waals surface area contributed by atoms with Gasteiger partial charge in [-0.25, -0.2) is 0 Å². The quantitative estimate of drug-likeness (QED) is 0.533. The maximum atomic E-state index is 10.8. The van der Waals surface area contributed by atoms with Gasteiger partial charge in [-0.15, -0.1) is 0 Å². The molecule has 3 aliphatic rings. The van der Waals surface area contributed by atoms with Crippen LogP contribution >= 0.6 is 0 Å². The molecule has 1 aliphatic heterocycles. The molecule has 0 amide bonds. The number of fused-ring (bicyclic) bond motifs is 3. The van der Waals surface area contributed by atoms with Crippen molar-refractivity contribution in [2.75, 3.05) is 0 Å². The van der Waals surface area contributed by atoms with Crippen LogP contribution in [0.25, 0.3) is 0 Å². The third-order valence-corrected chi connectivity index (χ3v) is 7.99. The van der Waals surface area contributed by atoms with E-state index in [9.17, 15) is 15.0 Å². The Morgan fingerprint density at radius 3 is 2.72 bits per heavy atom. The summed E-state index contributed by atoms with van der Waals surface area (Å²) < 4.78 is 6.80. The molecule has 5 heteroatoms. The molecule has 2 unspecified atom stereocenters. The van der Waals surface area contributed by atoms with Crippen LogP contribution in [0.5, 0.6) is 0 Å². The SMILES string of the molecule is CCC(C)[C@H]1O[C@@]2(CC[C@@H](O)CC(O)CC(=O)O)[C@@H]3CCCC=C3C=C(C)[C@@]12C. The average molecular weight is 407 g/mol. The van der Waals surface area contributed by atoms with E-state index in [2.05, 4.69) is 39.8 Å². The molecule has 2 aliphatic carbocycles. The minimum Gasteiger partial charge on any atom is -0.481 e. The fourth-order valence-electron chi connectivity index (χ4n) is 6.10. The Kier molecular flexibility index (Phi) is 6.62. The van der Waals surface area contributed by atoms with Crippen LogP contribution in [-0.4, -0.2) is 45.2 Å². The Balaban J connectivity index is 1.81. The number of rotatable bonds is 9. The molecule has 0 bridgehead atoms. The first-order chi connectivity index (χ1) is 13.7. The molecule has 164 valence electrons. The molecular formula is C24H38O5. The minimum absolute atomic E-state index is 0.0544. The van der Waals surface area contributed by atoms with Gasteiger partial charge in [-0.2, -0.15) is 0 Å². The summed E-state index contributed by atoms with van der Waals surface area (Å²) in [5.74, 6) is -0.228. The second-order valence-electron chi connectivity index (χ2n) is 9.71. The first-order valence-corrected chi connectivity index (χ1v) is 11.3. The van der Waals surface area contributed by atoms with Gasteiger partial charge < -0.3 is 20.1 Å². The van der Waals surface area contributed by atoms with Crippen molar-refractivity contribution in [3.8, 4) is 0 Å². The lowest BCUT2D eigenvalue weighted by Gasteiger charge is -2.70.